The molecule has 2 unspecified atom stereocenters. The van der Waals surface area contributed by atoms with Crippen LogP contribution in [0.15, 0.2) is 59.7 Å². The highest BCUT2D eigenvalue weighted by Gasteiger charge is 2.38. The molecule has 2 aliphatic rings. The Kier molecular flexibility index (Phi) is 4.07. The lowest BCUT2D eigenvalue weighted by atomic mass is 10.1. The monoisotopic (exact) mass is 365 g/mol. The minimum absolute atomic E-state index is 0.128. The van der Waals surface area contributed by atoms with Crippen LogP contribution >= 0.6 is 11.8 Å². The quantitative estimate of drug-likeness (QED) is 0.846. The number of hydrogen-bond donors (Lipinski definition) is 1. The molecule has 5 nitrogen and oxygen atoms in total. The number of hydrazone groups is 1. The van der Waals surface area contributed by atoms with E-state index >= 15 is 0 Å². The van der Waals surface area contributed by atoms with Gasteiger partial charge in [0.2, 0.25) is 11.8 Å². The molecule has 0 spiro atoms. The molecule has 0 aromatic heterocycles. The first-order valence-electron chi connectivity index (χ1n) is 8.54. The number of anilines is 1. The Morgan fingerprint density at radius 1 is 1.12 bits per heavy atom. The van der Waals surface area contributed by atoms with Crippen molar-refractivity contribution in [1.82, 2.24) is 5.43 Å². The van der Waals surface area contributed by atoms with E-state index in [0.717, 1.165) is 16.2 Å². The van der Waals surface area contributed by atoms with Crippen molar-refractivity contribution in [2.24, 2.45) is 11.0 Å². The molecule has 2 aliphatic heterocycles. The largest absolute Gasteiger partial charge is 0.288 e. The van der Waals surface area contributed by atoms with Crippen molar-refractivity contribution in [1.29, 1.82) is 0 Å². The molecule has 2 amide bonds. The smallest absolute Gasteiger partial charge is 0.237 e. The Morgan fingerprint density at radius 3 is 2.42 bits per heavy atom. The lowest BCUT2D eigenvalue weighted by Crippen LogP contribution is -2.31. The van der Waals surface area contributed by atoms with Crippen molar-refractivity contribution in [2.45, 2.75) is 25.1 Å². The van der Waals surface area contributed by atoms with Crippen LogP contribution in [0, 0.1) is 5.92 Å². The highest BCUT2D eigenvalue weighted by atomic mass is 32.2. The molecule has 2 atom stereocenters. The number of nitrogens with zero attached hydrogens (tertiary/aromatic N) is 2. The maximum Gasteiger partial charge on any atom is 0.237 e. The van der Waals surface area contributed by atoms with Crippen LogP contribution in [-0.4, -0.2) is 16.9 Å². The van der Waals surface area contributed by atoms with E-state index < -0.39 is 4.87 Å². The summed E-state index contributed by atoms with van der Waals surface area (Å²) in [7, 11) is 0. The van der Waals surface area contributed by atoms with Crippen LogP contribution in [0.2, 0.25) is 0 Å². The molecular formula is C20H19N3O2S. The standard InChI is InChI=1S/C20H19N3O2S/c1-13-12-17(24)23(19(13)25)16-10-8-15(9-11-16)20(2)22-21-18(26-20)14-6-4-3-5-7-14/h3-11,13,22H,12H2,1-2H3. The molecule has 1 saturated heterocycles. The molecule has 26 heavy (non-hydrogen) atoms. The van der Waals surface area contributed by atoms with Gasteiger partial charge in [-0.3, -0.25) is 19.9 Å². The third kappa shape index (κ3) is 2.80. The van der Waals surface area contributed by atoms with Crippen LogP contribution in [0.5, 0.6) is 0 Å². The minimum Gasteiger partial charge on any atom is -0.288 e. The number of carbonyl (C=O) groups is 2. The molecule has 2 heterocycles. The van der Waals surface area contributed by atoms with E-state index in [1.54, 1.807) is 18.7 Å². The Morgan fingerprint density at radius 2 is 1.81 bits per heavy atom. The molecule has 2 aromatic carbocycles. The Bertz CT molecular complexity index is 895. The number of hydrogen-bond acceptors (Lipinski definition) is 5. The number of nitrogens with one attached hydrogen (secondary N) is 1. The second kappa shape index (κ2) is 6.29. The first kappa shape index (κ1) is 16.8. The van der Waals surface area contributed by atoms with Crippen molar-refractivity contribution in [3.8, 4) is 0 Å². The van der Waals surface area contributed by atoms with Crippen molar-refractivity contribution in [3.63, 3.8) is 0 Å². The highest BCUT2D eigenvalue weighted by molar-refractivity contribution is 8.15. The summed E-state index contributed by atoms with van der Waals surface area (Å²) < 4.78 is 0. The molecule has 0 aliphatic carbocycles. The molecule has 1 fully saturated rings. The number of benzene rings is 2. The van der Waals surface area contributed by atoms with E-state index in [1.165, 1.54) is 4.90 Å². The van der Waals surface area contributed by atoms with Crippen molar-refractivity contribution in [3.05, 3.63) is 65.7 Å². The van der Waals surface area contributed by atoms with E-state index in [4.69, 9.17) is 0 Å². The van der Waals surface area contributed by atoms with Crippen LogP contribution in [0.3, 0.4) is 0 Å². The molecule has 0 bridgehead atoms. The normalized spacial score (nSPS) is 25.4. The average Bonchev–Trinajstić information content (AvgIpc) is 3.17. The van der Waals surface area contributed by atoms with Gasteiger partial charge < -0.3 is 0 Å². The van der Waals surface area contributed by atoms with E-state index in [-0.39, 0.29) is 24.2 Å². The van der Waals surface area contributed by atoms with Gasteiger partial charge in [-0.05, 0) is 24.6 Å². The summed E-state index contributed by atoms with van der Waals surface area (Å²) >= 11 is 1.65. The van der Waals surface area contributed by atoms with Crippen molar-refractivity contribution < 1.29 is 9.59 Å². The first-order valence-corrected chi connectivity index (χ1v) is 9.36. The lowest BCUT2D eigenvalue weighted by molar-refractivity contribution is -0.122. The average molecular weight is 365 g/mol. The van der Waals surface area contributed by atoms with Gasteiger partial charge in [0, 0.05) is 17.9 Å². The number of rotatable bonds is 3. The van der Waals surface area contributed by atoms with Crippen LogP contribution in [0.1, 0.15) is 31.4 Å². The summed E-state index contributed by atoms with van der Waals surface area (Å²) in [6.07, 6.45) is 0.282. The fourth-order valence-electron chi connectivity index (χ4n) is 3.21. The highest BCUT2D eigenvalue weighted by Crippen LogP contribution is 2.40. The summed E-state index contributed by atoms with van der Waals surface area (Å²) in [5, 5.41) is 5.42. The summed E-state index contributed by atoms with van der Waals surface area (Å²) in [5.41, 5.74) is 5.96. The van der Waals surface area contributed by atoms with Gasteiger partial charge in [0.05, 0.1) is 5.69 Å². The van der Waals surface area contributed by atoms with Crippen molar-refractivity contribution >= 4 is 34.3 Å². The molecule has 132 valence electrons. The SMILES string of the molecule is CC1CC(=O)N(c2ccc(C3(C)NN=C(c4ccccc4)S3)cc2)C1=O. The zero-order chi connectivity index (χ0) is 18.3. The molecule has 1 N–H and O–H groups in total. The Hall–Kier alpha value is -2.60. The van der Waals surface area contributed by atoms with Crippen LogP contribution in [0.25, 0.3) is 0 Å². The zero-order valence-corrected chi connectivity index (χ0v) is 15.4. The molecular weight excluding hydrogens is 346 g/mol. The summed E-state index contributed by atoms with van der Waals surface area (Å²) in [4.78, 5) is 25.2. The van der Waals surface area contributed by atoms with E-state index in [1.807, 2.05) is 54.6 Å². The minimum atomic E-state index is -0.393. The van der Waals surface area contributed by atoms with Gasteiger partial charge in [-0.1, -0.05) is 61.2 Å². The Labute approximate surface area is 156 Å². The molecule has 4 rings (SSSR count). The van der Waals surface area contributed by atoms with Gasteiger partial charge in [-0.15, -0.1) is 0 Å². The predicted molar refractivity (Wildman–Crippen MR) is 104 cm³/mol. The summed E-state index contributed by atoms with van der Waals surface area (Å²) in [6.45, 7) is 3.86. The molecule has 2 aromatic rings. The lowest BCUT2D eigenvalue weighted by Gasteiger charge is -2.24. The first-order chi connectivity index (χ1) is 12.5. The Balaban J connectivity index is 1.55. The summed E-state index contributed by atoms with van der Waals surface area (Å²) in [6, 6.07) is 17.6. The van der Waals surface area contributed by atoms with Gasteiger partial charge in [-0.2, -0.15) is 5.10 Å². The molecule has 0 radical (unpaired) electrons. The maximum atomic E-state index is 12.2. The second-order valence-electron chi connectivity index (χ2n) is 6.75. The molecule has 0 saturated carbocycles. The van der Waals surface area contributed by atoms with Crippen LogP contribution < -0.4 is 10.3 Å². The van der Waals surface area contributed by atoms with E-state index in [2.05, 4.69) is 17.5 Å². The molecule has 6 heteroatoms. The second-order valence-corrected chi connectivity index (χ2v) is 8.16. The fourth-order valence-corrected chi connectivity index (χ4v) is 4.28. The van der Waals surface area contributed by atoms with Gasteiger partial charge in [0.15, 0.2) is 0 Å². The van der Waals surface area contributed by atoms with E-state index in [0.29, 0.717) is 5.69 Å². The van der Waals surface area contributed by atoms with Crippen LogP contribution in [-0.2, 0) is 14.5 Å². The number of imide groups is 1. The van der Waals surface area contributed by atoms with Gasteiger partial charge in [-0.25, -0.2) is 0 Å². The predicted octanol–water partition coefficient (Wildman–Crippen LogP) is 3.46. The van der Waals surface area contributed by atoms with Crippen molar-refractivity contribution in [2.75, 3.05) is 4.90 Å². The number of carbonyl (C=O) groups excluding carboxylic acids is 2. The van der Waals surface area contributed by atoms with Gasteiger partial charge in [0.25, 0.3) is 0 Å². The third-order valence-corrected chi connectivity index (χ3v) is 6.00. The third-order valence-electron chi connectivity index (χ3n) is 4.74. The maximum absolute atomic E-state index is 12.2. The van der Waals surface area contributed by atoms with E-state index in [9.17, 15) is 9.59 Å². The number of amides is 2. The number of thioether (sulfide) groups is 1. The summed E-state index contributed by atoms with van der Waals surface area (Å²) in [5.74, 6) is -0.505. The van der Waals surface area contributed by atoms with Crippen LogP contribution in [0.4, 0.5) is 5.69 Å². The van der Waals surface area contributed by atoms with Gasteiger partial charge >= 0.3 is 0 Å². The topological polar surface area (TPSA) is 61.8 Å². The zero-order valence-electron chi connectivity index (χ0n) is 14.6. The fraction of sp³-hybridized carbons (Fsp3) is 0.250. The van der Waals surface area contributed by atoms with Gasteiger partial charge in [0.1, 0.15) is 9.91 Å².